The summed E-state index contributed by atoms with van der Waals surface area (Å²) >= 11 is 0. The van der Waals surface area contributed by atoms with Crippen LogP contribution in [0.2, 0.25) is 0 Å². The van der Waals surface area contributed by atoms with Crippen LogP contribution in [0.15, 0.2) is 12.1 Å². The Morgan fingerprint density at radius 1 is 1.33 bits per heavy atom. The van der Waals surface area contributed by atoms with Crippen molar-refractivity contribution in [1.82, 2.24) is 10.2 Å². The Balaban J connectivity index is 2.23. The molecule has 0 spiro atoms. The van der Waals surface area contributed by atoms with Crippen molar-refractivity contribution in [3.63, 3.8) is 0 Å². The molecule has 0 bridgehead atoms. The van der Waals surface area contributed by atoms with Crippen LogP contribution in [0.25, 0.3) is 0 Å². The van der Waals surface area contributed by atoms with Gasteiger partial charge in [0.05, 0.1) is 16.7 Å². The number of nitrogens with one attached hydrogen (secondary N) is 1. The van der Waals surface area contributed by atoms with Gasteiger partial charge in [-0.2, -0.15) is 0 Å². The van der Waals surface area contributed by atoms with Crippen molar-refractivity contribution in [3.8, 4) is 0 Å². The predicted octanol–water partition coefficient (Wildman–Crippen LogP) is 1.15. The zero-order chi connectivity index (χ0) is 15.8. The summed E-state index contributed by atoms with van der Waals surface area (Å²) in [4.78, 5) is 25.5. The molecule has 0 aliphatic carbocycles. The maximum absolute atomic E-state index is 13.7. The molecule has 114 valence electrons. The van der Waals surface area contributed by atoms with Crippen LogP contribution in [-0.2, 0) is 4.79 Å². The van der Waals surface area contributed by atoms with E-state index in [-0.39, 0.29) is 23.7 Å². The fourth-order valence-corrected chi connectivity index (χ4v) is 2.52. The van der Waals surface area contributed by atoms with Crippen molar-refractivity contribution < 1.29 is 18.4 Å². The molecule has 0 saturated carbocycles. The van der Waals surface area contributed by atoms with Crippen molar-refractivity contribution in [1.29, 1.82) is 0 Å². The molecule has 0 radical (unpaired) electrons. The largest absolute Gasteiger partial charge is 0.396 e. The van der Waals surface area contributed by atoms with Gasteiger partial charge in [0.2, 0.25) is 5.91 Å². The second kappa shape index (κ2) is 5.31. The number of benzene rings is 1. The highest BCUT2D eigenvalue weighted by Gasteiger charge is 2.42. The van der Waals surface area contributed by atoms with Gasteiger partial charge in [-0.1, -0.05) is 0 Å². The number of amides is 2. The Bertz CT molecular complexity index is 606. The van der Waals surface area contributed by atoms with Crippen molar-refractivity contribution in [3.05, 3.63) is 29.3 Å². The van der Waals surface area contributed by atoms with Crippen LogP contribution in [0.1, 0.15) is 23.7 Å². The summed E-state index contributed by atoms with van der Waals surface area (Å²) in [6.07, 6.45) is 0.483. The van der Waals surface area contributed by atoms with E-state index in [1.54, 1.807) is 6.92 Å². The molecule has 1 atom stereocenters. The maximum atomic E-state index is 13.7. The second-order valence-corrected chi connectivity index (χ2v) is 5.47. The lowest BCUT2D eigenvalue weighted by Crippen LogP contribution is -2.40. The number of carbonyl (C=O) groups is 2. The molecular formula is C14H17F2N3O2. The van der Waals surface area contributed by atoms with Crippen molar-refractivity contribution in [2.75, 3.05) is 25.9 Å². The lowest BCUT2D eigenvalue weighted by atomic mass is 9.89. The molecule has 1 aliphatic rings. The number of anilines is 1. The number of nitrogen functional groups attached to an aromatic ring is 1. The van der Waals surface area contributed by atoms with Crippen LogP contribution in [0.5, 0.6) is 0 Å². The van der Waals surface area contributed by atoms with Gasteiger partial charge in [-0.05, 0) is 19.4 Å². The lowest BCUT2D eigenvalue weighted by Gasteiger charge is -2.23. The van der Waals surface area contributed by atoms with Gasteiger partial charge in [0.15, 0.2) is 0 Å². The molecule has 1 heterocycles. The Morgan fingerprint density at radius 2 is 2.00 bits per heavy atom. The fraction of sp³-hybridized carbons (Fsp3) is 0.429. The lowest BCUT2D eigenvalue weighted by molar-refractivity contribution is -0.128. The van der Waals surface area contributed by atoms with Gasteiger partial charge in [-0.15, -0.1) is 0 Å². The quantitative estimate of drug-likeness (QED) is 0.804. The normalized spacial score (nSPS) is 21.4. The monoisotopic (exact) mass is 297 g/mol. The molecule has 1 aliphatic heterocycles. The van der Waals surface area contributed by atoms with Crippen molar-refractivity contribution >= 4 is 17.5 Å². The van der Waals surface area contributed by atoms with Crippen LogP contribution in [0, 0.1) is 17.0 Å². The summed E-state index contributed by atoms with van der Waals surface area (Å²) in [6.45, 7) is 2.26. The predicted molar refractivity (Wildman–Crippen MR) is 73.5 cm³/mol. The van der Waals surface area contributed by atoms with Crippen LogP contribution >= 0.6 is 0 Å². The van der Waals surface area contributed by atoms with E-state index in [9.17, 15) is 18.4 Å². The minimum atomic E-state index is -0.958. The van der Waals surface area contributed by atoms with Gasteiger partial charge >= 0.3 is 0 Å². The summed E-state index contributed by atoms with van der Waals surface area (Å²) in [5.74, 6) is -2.62. The van der Waals surface area contributed by atoms with E-state index >= 15 is 0 Å². The van der Waals surface area contributed by atoms with E-state index in [0.717, 1.165) is 6.07 Å². The molecule has 1 aromatic carbocycles. The summed E-state index contributed by atoms with van der Waals surface area (Å²) < 4.78 is 26.9. The van der Waals surface area contributed by atoms with Gasteiger partial charge in [-0.3, -0.25) is 9.59 Å². The summed E-state index contributed by atoms with van der Waals surface area (Å²) in [6, 6.07) is 1.58. The topological polar surface area (TPSA) is 75.4 Å². The molecule has 7 heteroatoms. The molecule has 1 aromatic rings. The third kappa shape index (κ3) is 2.68. The third-order valence-electron chi connectivity index (χ3n) is 3.85. The van der Waals surface area contributed by atoms with Crippen molar-refractivity contribution in [2.24, 2.45) is 5.41 Å². The highest BCUT2D eigenvalue weighted by Crippen LogP contribution is 2.31. The first kappa shape index (κ1) is 15.2. The molecule has 1 saturated heterocycles. The number of carbonyl (C=O) groups excluding carboxylic acids is 2. The molecule has 2 rings (SSSR count). The number of nitrogens with zero attached hydrogens (tertiary/aromatic N) is 1. The molecule has 1 unspecified atom stereocenters. The summed E-state index contributed by atoms with van der Waals surface area (Å²) in [5.41, 5.74) is 4.10. The molecule has 5 nitrogen and oxygen atoms in total. The van der Waals surface area contributed by atoms with Gasteiger partial charge in [0.25, 0.3) is 5.91 Å². The Morgan fingerprint density at radius 3 is 2.62 bits per heavy atom. The average Bonchev–Trinajstić information content (AvgIpc) is 2.85. The minimum absolute atomic E-state index is 0.170. The van der Waals surface area contributed by atoms with Crippen LogP contribution in [-0.4, -0.2) is 36.9 Å². The van der Waals surface area contributed by atoms with Crippen LogP contribution in [0.4, 0.5) is 14.5 Å². The van der Waals surface area contributed by atoms with Gasteiger partial charge < -0.3 is 16.0 Å². The van der Waals surface area contributed by atoms with Gasteiger partial charge in [0, 0.05) is 26.2 Å². The maximum Gasteiger partial charge on any atom is 0.256 e. The standard InChI is InChI=1S/C14H17F2N3O2/c1-14(13(21)18-2)3-4-19(7-14)12(20)8-5-11(17)10(16)6-9(8)15/h5-6H,3-4,7,17H2,1-2H3,(H,18,21). The van der Waals surface area contributed by atoms with E-state index in [1.165, 1.54) is 11.9 Å². The van der Waals surface area contributed by atoms with Gasteiger partial charge in [-0.25, -0.2) is 8.78 Å². The average molecular weight is 297 g/mol. The molecule has 2 amide bonds. The van der Waals surface area contributed by atoms with E-state index in [0.29, 0.717) is 19.0 Å². The third-order valence-corrected chi connectivity index (χ3v) is 3.85. The van der Waals surface area contributed by atoms with E-state index in [4.69, 9.17) is 5.73 Å². The van der Waals surface area contributed by atoms with E-state index in [2.05, 4.69) is 5.32 Å². The minimum Gasteiger partial charge on any atom is -0.396 e. The number of likely N-dealkylation sites (tertiary alicyclic amines) is 1. The summed E-state index contributed by atoms with van der Waals surface area (Å²) in [7, 11) is 1.53. The molecule has 0 aromatic heterocycles. The molecule has 1 fully saturated rings. The zero-order valence-corrected chi connectivity index (χ0v) is 11.9. The molecule has 21 heavy (non-hydrogen) atoms. The van der Waals surface area contributed by atoms with Crippen LogP contribution < -0.4 is 11.1 Å². The zero-order valence-electron chi connectivity index (χ0n) is 11.9. The van der Waals surface area contributed by atoms with E-state index in [1.807, 2.05) is 0 Å². The summed E-state index contributed by atoms with van der Waals surface area (Å²) in [5, 5.41) is 2.55. The smallest absolute Gasteiger partial charge is 0.256 e. The highest BCUT2D eigenvalue weighted by atomic mass is 19.1. The number of nitrogens with two attached hydrogens (primary N) is 1. The SMILES string of the molecule is CNC(=O)C1(C)CCN(C(=O)c2cc(N)c(F)cc2F)C1. The molecular weight excluding hydrogens is 280 g/mol. The van der Waals surface area contributed by atoms with Crippen molar-refractivity contribution in [2.45, 2.75) is 13.3 Å². The Labute approximate surface area is 121 Å². The Hall–Kier alpha value is -2.18. The Kier molecular flexibility index (Phi) is 3.85. The fourth-order valence-electron chi connectivity index (χ4n) is 2.52. The van der Waals surface area contributed by atoms with Crippen LogP contribution in [0.3, 0.4) is 0 Å². The van der Waals surface area contributed by atoms with Gasteiger partial charge in [0.1, 0.15) is 11.6 Å². The highest BCUT2D eigenvalue weighted by molar-refractivity contribution is 5.96. The van der Waals surface area contributed by atoms with E-state index < -0.39 is 23.0 Å². The number of hydrogen-bond acceptors (Lipinski definition) is 3. The number of hydrogen-bond donors (Lipinski definition) is 2. The first-order valence-corrected chi connectivity index (χ1v) is 6.54. The molecule has 3 N–H and O–H groups in total. The number of halogens is 2. The first-order chi connectivity index (χ1) is 9.78. The second-order valence-electron chi connectivity index (χ2n) is 5.47. The first-order valence-electron chi connectivity index (χ1n) is 6.54. The number of rotatable bonds is 2.